The van der Waals surface area contributed by atoms with Crippen LogP contribution in [-0.2, 0) is 0 Å². The van der Waals surface area contributed by atoms with E-state index in [-0.39, 0.29) is 17.4 Å². The minimum atomic E-state index is -0.0929. The zero-order valence-electron chi connectivity index (χ0n) is 16.6. The summed E-state index contributed by atoms with van der Waals surface area (Å²) >= 11 is 0. The number of benzene rings is 1. The van der Waals surface area contributed by atoms with Crippen LogP contribution in [-0.4, -0.2) is 60.0 Å². The van der Waals surface area contributed by atoms with E-state index < -0.39 is 0 Å². The van der Waals surface area contributed by atoms with Gasteiger partial charge in [-0.2, -0.15) is 0 Å². The predicted octanol–water partition coefficient (Wildman–Crippen LogP) is 3.25. The van der Waals surface area contributed by atoms with Crippen molar-refractivity contribution < 1.29 is 14.3 Å². The van der Waals surface area contributed by atoms with Crippen molar-refractivity contribution in [3.63, 3.8) is 0 Å². The summed E-state index contributed by atoms with van der Waals surface area (Å²) < 4.78 is 5.15. The maximum atomic E-state index is 12.8. The number of carbonyl (C=O) groups is 2. The van der Waals surface area contributed by atoms with E-state index in [0.29, 0.717) is 25.2 Å². The molecule has 0 bridgehead atoms. The normalized spacial score (nSPS) is 21.3. The zero-order valence-corrected chi connectivity index (χ0v) is 16.6. The van der Waals surface area contributed by atoms with E-state index in [1.807, 2.05) is 34.1 Å². The van der Waals surface area contributed by atoms with Crippen LogP contribution in [0, 0.1) is 5.41 Å². The molecule has 152 valence electrons. The highest BCUT2D eigenvalue weighted by Gasteiger charge is 2.43. The van der Waals surface area contributed by atoms with Crippen molar-refractivity contribution >= 4 is 17.6 Å². The summed E-state index contributed by atoms with van der Waals surface area (Å²) in [6.45, 7) is 2.84. The number of nitrogens with one attached hydrogen (secondary N) is 1. The first-order valence-electron chi connectivity index (χ1n) is 9.98. The van der Waals surface area contributed by atoms with Gasteiger partial charge in [-0.05, 0) is 55.7 Å². The fraction of sp³-hybridized carbons (Fsp3) is 0.409. The molecule has 7 heteroatoms. The van der Waals surface area contributed by atoms with Crippen molar-refractivity contribution in [3.8, 4) is 5.75 Å². The van der Waals surface area contributed by atoms with Gasteiger partial charge in [0.1, 0.15) is 5.75 Å². The molecular formula is C22H26N4O3. The number of hydrogen-bond acceptors (Lipinski definition) is 4. The van der Waals surface area contributed by atoms with Gasteiger partial charge in [-0.25, -0.2) is 4.79 Å². The first-order valence-corrected chi connectivity index (χ1v) is 9.98. The summed E-state index contributed by atoms with van der Waals surface area (Å²) in [5.74, 6) is 0.803. The van der Waals surface area contributed by atoms with Gasteiger partial charge in [0.2, 0.25) is 0 Å². The molecule has 1 atom stereocenters. The summed E-state index contributed by atoms with van der Waals surface area (Å²) in [7, 11) is 1.62. The second-order valence-corrected chi connectivity index (χ2v) is 7.90. The number of ether oxygens (including phenoxy) is 1. The third kappa shape index (κ3) is 4.18. The van der Waals surface area contributed by atoms with Crippen molar-refractivity contribution in [1.29, 1.82) is 0 Å². The average molecular weight is 394 g/mol. The molecule has 29 heavy (non-hydrogen) atoms. The molecule has 1 N–H and O–H groups in total. The molecule has 1 spiro atoms. The monoisotopic (exact) mass is 394 g/mol. The molecule has 2 aliphatic heterocycles. The number of rotatable bonds is 3. The first-order chi connectivity index (χ1) is 14.1. The third-order valence-corrected chi connectivity index (χ3v) is 5.94. The highest BCUT2D eigenvalue weighted by atomic mass is 16.5. The van der Waals surface area contributed by atoms with Gasteiger partial charge in [-0.15, -0.1) is 0 Å². The Morgan fingerprint density at radius 1 is 1.00 bits per heavy atom. The Bertz CT molecular complexity index is 871. The fourth-order valence-corrected chi connectivity index (χ4v) is 4.38. The Morgan fingerprint density at radius 3 is 2.45 bits per heavy atom. The first kappa shape index (κ1) is 19.2. The predicted molar refractivity (Wildman–Crippen MR) is 110 cm³/mol. The van der Waals surface area contributed by atoms with Crippen LogP contribution >= 0.6 is 0 Å². The number of nitrogens with zero attached hydrogens (tertiary/aromatic N) is 3. The number of piperidine rings is 1. The molecule has 2 aliphatic rings. The zero-order chi connectivity index (χ0) is 20.3. The largest absolute Gasteiger partial charge is 0.497 e. The summed E-state index contributed by atoms with van der Waals surface area (Å²) in [4.78, 5) is 33.4. The molecule has 0 radical (unpaired) electrons. The second kappa shape index (κ2) is 8.11. The smallest absolute Gasteiger partial charge is 0.321 e. The molecule has 0 saturated carbocycles. The molecule has 2 aromatic rings. The number of methoxy groups -OCH3 is 1. The lowest BCUT2D eigenvalue weighted by molar-refractivity contribution is 0.0538. The molecule has 1 aromatic carbocycles. The van der Waals surface area contributed by atoms with Crippen LogP contribution in [0.5, 0.6) is 5.75 Å². The number of aromatic nitrogens is 1. The minimum absolute atomic E-state index is 0.0157. The SMILES string of the molecule is COc1ccc(NC(=O)N2CC[C@@]3(CCCN(C(=O)c4ccncc4)C3)C2)cc1. The Labute approximate surface area is 170 Å². The number of likely N-dealkylation sites (tertiary alicyclic amines) is 2. The van der Waals surface area contributed by atoms with Crippen molar-refractivity contribution in [1.82, 2.24) is 14.8 Å². The van der Waals surface area contributed by atoms with E-state index in [0.717, 1.165) is 37.2 Å². The second-order valence-electron chi connectivity index (χ2n) is 7.90. The van der Waals surface area contributed by atoms with Gasteiger partial charge in [0, 0.05) is 55.2 Å². The molecule has 2 saturated heterocycles. The Hall–Kier alpha value is -3.09. The lowest BCUT2D eigenvalue weighted by Gasteiger charge is -2.40. The van der Waals surface area contributed by atoms with Gasteiger partial charge in [0.25, 0.3) is 5.91 Å². The lowest BCUT2D eigenvalue weighted by Crippen LogP contribution is -2.48. The quantitative estimate of drug-likeness (QED) is 0.867. The molecule has 4 rings (SSSR count). The van der Waals surface area contributed by atoms with Crippen molar-refractivity contribution in [2.24, 2.45) is 5.41 Å². The van der Waals surface area contributed by atoms with Crippen molar-refractivity contribution in [2.45, 2.75) is 19.3 Å². The maximum Gasteiger partial charge on any atom is 0.321 e. The fourth-order valence-electron chi connectivity index (χ4n) is 4.38. The van der Waals surface area contributed by atoms with Crippen molar-refractivity contribution in [2.75, 3.05) is 38.6 Å². The van der Waals surface area contributed by atoms with Crippen molar-refractivity contribution in [3.05, 3.63) is 54.4 Å². The number of pyridine rings is 1. The Balaban J connectivity index is 1.38. The average Bonchev–Trinajstić information content (AvgIpc) is 3.17. The van der Waals surface area contributed by atoms with E-state index in [2.05, 4.69) is 10.3 Å². The molecule has 0 unspecified atom stereocenters. The van der Waals surface area contributed by atoms with Crippen LogP contribution in [0.4, 0.5) is 10.5 Å². The Kier molecular flexibility index (Phi) is 5.38. The number of carbonyl (C=O) groups excluding carboxylic acids is 2. The molecule has 7 nitrogen and oxygen atoms in total. The van der Waals surface area contributed by atoms with Gasteiger partial charge in [-0.3, -0.25) is 9.78 Å². The van der Waals surface area contributed by atoms with Crippen LogP contribution in [0.15, 0.2) is 48.8 Å². The van der Waals surface area contributed by atoms with Crippen LogP contribution in [0.1, 0.15) is 29.6 Å². The lowest BCUT2D eigenvalue weighted by atomic mass is 9.79. The summed E-state index contributed by atoms with van der Waals surface area (Å²) in [5.41, 5.74) is 1.40. The summed E-state index contributed by atoms with van der Waals surface area (Å²) in [6.07, 6.45) is 6.22. The molecule has 3 amide bonds. The van der Waals surface area contributed by atoms with E-state index in [1.54, 1.807) is 31.6 Å². The molecular weight excluding hydrogens is 368 g/mol. The highest BCUT2D eigenvalue weighted by Crippen LogP contribution is 2.39. The molecule has 0 aliphatic carbocycles. The summed E-state index contributed by atoms with van der Waals surface area (Å²) in [5, 5.41) is 2.96. The number of urea groups is 1. The standard InChI is InChI=1S/C22H26N4O3/c1-29-19-5-3-18(4-6-19)24-21(28)26-14-10-22(16-26)9-2-13-25(15-22)20(27)17-7-11-23-12-8-17/h3-8,11-12H,2,9-10,13-16H2,1H3,(H,24,28)/t22-/m1/s1. The molecule has 3 heterocycles. The van der Waals surface area contributed by atoms with Gasteiger partial charge >= 0.3 is 6.03 Å². The topological polar surface area (TPSA) is 74.8 Å². The van der Waals surface area contributed by atoms with E-state index in [9.17, 15) is 9.59 Å². The van der Waals surface area contributed by atoms with Crippen LogP contribution in [0.3, 0.4) is 0 Å². The van der Waals surface area contributed by atoms with Gasteiger partial charge in [0.15, 0.2) is 0 Å². The number of anilines is 1. The van der Waals surface area contributed by atoms with Gasteiger partial charge in [0.05, 0.1) is 7.11 Å². The van der Waals surface area contributed by atoms with E-state index in [4.69, 9.17) is 4.74 Å². The highest BCUT2D eigenvalue weighted by molar-refractivity contribution is 5.94. The van der Waals surface area contributed by atoms with E-state index in [1.165, 1.54) is 0 Å². The molecule has 1 aromatic heterocycles. The van der Waals surface area contributed by atoms with Gasteiger partial charge < -0.3 is 19.9 Å². The third-order valence-electron chi connectivity index (χ3n) is 5.94. The number of hydrogen-bond donors (Lipinski definition) is 1. The van der Waals surface area contributed by atoms with Crippen LogP contribution in [0.25, 0.3) is 0 Å². The van der Waals surface area contributed by atoms with Gasteiger partial charge in [-0.1, -0.05) is 0 Å². The maximum absolute atomic E-state index is 12.8. The summed E-state index contributed by atoms with van der Waals surface area (Å²) in [6, 6.07) is 10.7. The number of amides is 3. The van der Waals surface area contributed by atoms with E-state index >= 15 is 0 Å². The van der Waals surface area contributed by atoms with Crippen LogP contribution < -0.4 is 10.1 Å². The minimum Gasteiger partial charge on any atom is -0.497 e. The molecule has 2 fully saturated rings. The van der Waals surface area contributed by atoms with Crippen LogP contribution in [0.2, 0.25) is 0 Å². The Morgan fingerprint density at radius 2 is 1.72 bits per heavy atom.